The zero-order valence-corrected chi connectivity index (χ0v) is 12.8. The van der Waals surface area contributed by atoms with Crippen LogP contribution in [0.2, 0.25) is 0 Å². The van der Waals surface area contributed by atoms with Crippen molar-refractivity contribution in [2.75, 3.05) is 0 Å². The first-order valence-electron chi connectivity index (χ1n) is 6.75. The Hall–Kier alpha value is -2.11. The largest absolute Gasteiger partial charge is 0.480 e. The first-order valence-corrected chi connectivity index (χ1v) is 6.75. The normalized spacial score (nSPS) is 12.6. The molecule has 1 atom stereocenters. The Morgan fingerprint density at radius 3 is 2.62 bits per heavy atom. The molecule has 0 fully saturated rings. The van der Waals surface area contributed by atoms with E-state index in [0.717, 1.165) is 11.3 Å². The van der Waals surface area contributed by atoms with Gasteiger partial charge in [0.2, 0.25) is 0 Å². The van der Waals surface area contributed by atoms with Crippen LogP contribution in [0.3, 0.4) is 0 Å². The van der Waals surface area contributed by atoms with Gasteiger partial charge in [-0.2, -0.15) is 0 Å². The van der Waals surface area contributed by atoms with Crippen molar-refractivity contribution in [1.82, 2.24) is 10.3 Å². The van der Waals surface area contributed by atoms with Crippen molar-refractivity contribution in [3.05, 3.63) is 29.6 Å². The highest BCUT2D eigenvalue weighted by Crippen LogP contribution is 2.21. The molecular weight excluding hydrogens is 272 g/mol. The van der Waals surface area contributed by atoms with E-state index in [4.69, 9.17) is 9.84 Å². The monoisotopic (exact) mass is 294 g/mol. The minimum Gasteiger partial charge on any atom is -0.480 e. The zero-order valence-electron chi connectivity index (χ0n) is 12.8. The van der Waals surface area contributed by atoms with E-state index in [0.29, 0.717) is 6.42 Å². The van der Waals surface area contributed by atoms with E-state index < -0.39 is 18.1 Å². The maximum absolute atomic E-state index is 11.7. The summed E-state index contributed by atoms with van der Waals surface area (Å²) in [6, 6.07) is 2.59. The summed E-state index contributed by atoms with van der Waals surface area (Å²) in [7, 11) is 0. The lowest BCUT2D eigenvalue weighted by Crippen LogP contribution is -2.43. The van der Waals surface area contributed by atoms with Crippen LogP contribution in [0.25, 0.3) is 0 Å². The predicted molar refractivity (Wildman–Crippen MR) is 77.8 cm³/mol. The number of carboxylic acids is 1. The number of carboxylic acid groups (broad SMARTS) is 1. The maximum Gasteiger partial charge on any atom is 0.408 e. The quantitative estimate of drug-likeness (QED) is 0.871. The van der Waals surface area contributed by atoms with Crippen molar-refractivity contribution in [2.45, 2.75) is 46.8 Å². The third-order valence-corrected chi connectivity index (χ3v) is 2.88. The van der Waals surface area contributed by atoms with Crippen molar-refractivity contribution < 1.29 is 19.4 Å². The minimum absolute atomic E-state index is 0.0629. The molecule has 21 heavy (non-hydrogen) atoms. The zero-order chi connectivity index (χ0) is 16.0. The van der Waals surface area contributed by atoms with Crippen LogP contribution in [0.1, 0.15) is 38.4 Å². The number of pyridine rings is 1. The highest BCUT2D eigenvalue weighted by atomic mass is 16.5. The van der Waals surface area contributed by atoms with Crippen molar-refractivity contribution in [3.8, 4) is 0 Å². The molecule has 0 aliphatic carbocycles. The van der Waals surface area contributed by atoms with Crippen LogP contribution >= 0.6 is 0 Å². The Balaban J connectivity index is 2.55. The van der Waals surface area contributed by atoms with Crippen LogP contribution in [0.15, 0.2) is 18.3 Å². The Bertz CT molecular complexity index is 509. The van der Waals surface area contributed by atoms with Gasteiger partial charge in [0.1, 0.15) is 12.6 Å². The molecule has 0 saturated carbocycles. The van der Waals surface area contributed by atoms with Gasteiger partial charge in [-0.05, 0) is 24.8 Å². The van der Waals surface area contributed by atoms with E-state index in [1.807, 2.05) is 27.7 Å². The number of carbonyl (C=O) groups is 2. The highest BCUT2D eigenvalue weighted by Gasteiger charge is 2.26. The Labute approximate surface area is 124 Å². The smallest absolute Gasteiger partial charge is 0.408 e. The lowest BCUT2D eigenvalue weighted by atomic mass is 9.88. The summed E-state index contributed by atoms with van der Waals surface area (Å²) in [5, 5.41) is 11.5. The van der Waals surface area contributed by atoms with Gasteiger partial charge in [-0.25, -0.2) is 9.59 Å². The average molecular weight is 294 g/mol. The SMILES string of the molecule is Cc1ncccc1COC(=O)N[C@@H](CC(C)(C)C)C(=O)O. The number of hydrogen-bond acceptors (Lipinski definition) is 4. The third kappa shape index (κ3) is 6.25. The van der Waals surface area contributed by atoms with Gasteiger partial charge in [0.25, 0.3) is 0 Å². The van der Waals surface area contributed by atoms with E-state index in [-0.39, 0.29) is 12.0 Å². The number of nitrogens with zero attached hydrogens (tertiary/aromatic N) is 1. The number of carbonyl (C=O) groups excluding carboxylic acids is 1. The molecule has 1 heterocycles. The molecule has 1 aromatic heterocycles. The molecule has 0 aromatic carbocycles. The molecule has 0 aliphatic heterocycles. The van der Waals surface area contributed by atoms with Crippen molar-refractivity contribution in [1.29, 1.82) is 0 Å². The lowest BCUT2D eigenvalue weighted by molar-refractivity contribution is -0.140. The molecule has 6 nitrogen and oxygen atoms in total. The molecule has 6 heteroatoms. The standard InChI is InChI=1S/C15H22N2O4/c1-10-11(6-5-7-16-10)9-21-14(20)17-12(13(18)19)8-15(2,3)4/h5-7,12H,8-9H2,1-4H3,(H,17,20)(H,18,19)/t12-/m0/s1. The van der Waals surface area contributed by atoms with Gasteiger partial charge in [0, 0.05) is 17.5 Å². The second kappa shape index (κ2) is 7.06. The summed E-state index contributed by atoms with van der Waals surface area (Å²) in [5.74, 6) is -1.07. The molecule has 0 saturated heterocycles. The summed E-state index contributed by atoms with van der Waals surface area (Å²) in [6.45, 7) is 7.61. The van der Waals surface area contributed by atoms with Crippen LogP contribution in [-0.2, 0) is 16.1 Å². The lowest BCUT2D eigenvalue weighted by Gasteiger charge is -2.23. The fraction of sp³-hybridized carbons (Fsp3) is 0.533. The fourth-order valence-electron chi connectivity index (χ4n) is 1.81. The number of ether oxygens (including phenoxy) is 1. The van der Waals surface area contributed by atoms with Gasteiger partial charge in [0.15, 0.2) is 0 Å². The van der Waals surface area contributed by atoms with Crippen LogP contribution in [-0.4, -0.2) is 28.2 Å². The molecule has 0 unspecified atom stereocenters. The molecule has 0 spiro atoms. The number of aryl methyl sites for hydroxylation is 1. The summed E-state index contributed by atoms with van der Waals surface area (Å²) in [6.07, 6.45) is 1.24. The maximum atomic E-state index is 11.7. The Morgan fingerprint density at radius 2 is 2.10 bits per heavy atom. The van der Waals surface area contributed by atoms with Crippen LogP contribution in [0.5, 0.6) is 0 Å². The molecule has 2 N–H and O–H groups in total. The number of hydrogen-bond donors (Lipinski definition) is 2. The van der Waals surface area contributed by atoms with Crippen LogP contribution in [0, 0.1) is 12.3 Å². The molecule has 1 aromatic rings. The predicted octanol–water partition coefficient (Wildman–Crippen LogP) is 2.51. The van der Waals surface area contributed by atoms with E-state index >= 15 is 0 Å². The van der Waals surface area contributed by atoms with Gasteiger partial charge < -0.3 is 15.2 Å². The number of aliphatic carboxylic acids is 1. The van der Waals surface area contributed by atoms with Gasteiger partial charge in [-0.15, -0.1) is 0 Å². The summed E-state index contributed by atoms with van der Waals surface area (Å²) in [5.41, 5.74) is 1.35. The first-order chi connectivity index (χ1) is 9.69. The third-order valence-electron chi connectivity index (χ3n) is 2.88. The summed E-state index contributed by atoms with van der Waals surface area (Å²) in [4.78, 5) is 27.0. The second-order valence-electron chi connectivity index (χ2n) is 6.12. The minimum atomic E-state index is -1.07. The topological polar surface area (TPSA) is 88.5 Å². The van der Waals surface area contributed by atoms with Crippen molar-refractivity contribution in [2.24, 2.45) is 5.41 Å². The summed E-state index contributed by atoms with van der Waals surface area (Å²) >= 11 is 0. The number of aromatic nitrogens is 1. The Morgan fingerprint density at radius 1 is 1.43 bits per heavy atom. The fourth-order valence-corrected chi connectivity index (χ4v) is 1.81. The molecule has 1 rings (SSSR count). The van der Waals surface area contributed by atoms with Crippen LogP contribution < -0.4 is 5.32 Å². The number of amides is 1. The first kappa shape index (κ1) is 16.9. The number of rotatable bonds is 5. The van der Waals surface area contributed by atoms with Gasteiger partial charge >= 0.3 is 12.1 Å². The van der Waals surface area contributed by atoms with E-state index in [9.17, 15) is 9.59 Å². The summed E-state index contributed by atoms with van der Waals surface area (Å²) < 4.78 is 5.05. The van der Waals surface area contributed by atoms with E-state index in [1.165, 1.54) is 0 Å². The molecule has 0 bridgehead atoms. The Kier molecular flexibility index (Phi) is 5.69. The average Bonchev–Trinajstić information content (AvgIpc) is 2.35. The van der Waals surface area contributed by atoms with Gasteiger partial charge in [0.05, 0.1) is 0 Å². The van der Waals surface area contributed by atoms with E-state index in [1.54, 1.807) is 18.3 Å². The molecule has 1 amide bonds. The number of nitrogens with one attached hydrogen (secondary N) is 1. The van der Waals surface area contributed by atoms with Gasteiger partial charge in [-0.1, -0.05) is 26.8 Å². The highest BCUT2D eigenvalue weighted by molar-refractivity contribution is 5.79. The molecular formula is C15H22N2O4. The molecule has 116 valence electrons. The molecule has 0 radical (unpaired) electrons. The van der Waals surface area contributed by atoms with Crippen molar-refractivity contribution >= 4 is 12.1 Å². The van der Waals surface area contributed by atoms with E-state index in [2.05, 4.69) is 10.3 Å². The van der Waals surface area contributed by atoms with Crippen molar-refractivity contribution in [3.63, 3.8) is 0 Å². The van der Waals surface area contributed by atoms with Gasteiger partial charge in [-0.3, -0.25) is 4.98 Å². The number of alkyl carbamates (subject to hydrolysis) is 1. The second-order valence-corrected chi connectivity index (χ2v) is 6.12. The molecule has 0 aliphatic rings. The van der Waals surface area contributed by atoms with Crippen LogP contribution in [0.4, 0.5) is 4.79 Å².